The van der Waals surface area contributed by atoms with Gasteiger partial charge >= 0.3 is 0 Å². The molecule has 34 heavy (non-hydrogen) atoms. The Kier molecular flexibility index (Phi) is 7.60. The SMILES string of the molecule is COc1cc(/C=C2\SC(=O)N(Cc3ccc(Cl)cc3)C2=O)cc(Br)c1OCc1ccc(F)cc1. The van der Waals surface area contributed by atoms with Crippen LogP contribution in [0.4, 0.5) is 9.18 Å². The fourth-order valence-electron chi connectivity index (χ4n) is 3.26. The van der Waals surface area contributed by atoms with E-state index in [-0.39, 0.29) is 30.1 Å². The number of imide groups is 1. The van der Waals surface area contributed by atoms with Crippen LogP contribution >= 0.6 is 39.3 Å². The number of ether oxygens (including phenoxy) is 2. The van der Waals surface area contributed by atoms with Crippen LogP contribution in [-0.2, 0) is 17.9 Å². The van der Waals surface area contributed by atoms with Crippen molar-refractivity contribution in [2.45, 2.75) is 13.2 Å². The van der Waals surface area contributed by atoms with Crippen LogP contribution in [0, 0.1) is 5.82 Å². The second kappa shape index (κ2) is 10.6. The maximum Gasteiger partial charge on any atom is 0.293 e. The van der Waals surface area contributed by atoms with E-state index in [1.807, 2.05) is 0 Å². The van der Waals surface area contributed by atoms with Gasteiger partial charge in [-0.2, -0.15) is 0 Å². The van der Waals surface area contributed by atoms with E-state index in [2.05, 4.69) is 15.9 Å². The van der Waals surface area contributed by atoms with Gasteiger partial charge in [-0.1, -0.05) is 35.9 Å². The molecule has 0 aliphatic carbocycles. The number of thioether (sulfide) groups is 1. The van der Waals surface area contributed by atoms with Crippen LogP contribution < -0.4 is 9.47 Å². The van der Waals surface area contributed by atoms with Gasteiger partial charge in [-0.3, -0.25) is 14.5 Å². The van der Waals surface area contributed by atoms with Crippen molar-refractivity contribution in [2.75, 3.05) is 7.11 Å². The predicted molar refractivity (Wildman–Crippen MR) is 134 cm³/mol. The van der Waals surface area contributed by atoms with E-state index in [0.717, 1.165) is 22.9 Å². The molecule has 0 N–H and O–H groups in total. The van der Waals surface area contributed by atoms with Crippen LogP contribution in [0.25, 0.3) is 6.08 Å². The lowest BCUT2D eigenvalue weighted by Crippen LogP contribution is -2.27. The zero-order valence-corrected chi connectivity index (χ0v) is 21.0. The third-order valence-electron chi connectivity index (χ3n) is 4.97. The first-order valence-corrected chi connectivity index (χ1v) is 12.1. The summed E-state index contributed by atoms with van der Waals surface area (Å²) in [4.78, 5) is 26.9. The summed E-state index contributed by atoms with van der Waals surface area (Å²) >= 11 is 10.3. The molecule has 5 nitrogen and oxygen atoms in total. The van der Waals surface area contributed by atoms with Gasteiger partial charge in [0.2, 0.25) is 0 Å². The molecule has 3 aromatic rings. The van der Waals surface area contributed by atoms with Crippen LogP contribution in [0.2, 0.25) is 5.02 Å². The van der Waals surface area contributed by atoms with Crippen LogP contribution in [0.15, 0.2) is 70.0 Å². The zero-order valence-electron chi connectivity index (χ0n) is 17.9. The Bertz CT molecular complexity index is 1270. The molecule has 9 heteroatoms. The molecule has 0 saturated carbocycles. The smallest absolute Gasteiger partial charge is 0.293 e. The number of hydrogen-bond acceptors (Lipinski definition) is 5. The first-order chi connectivity index (χ1) is 16.3. The third-order valence-corrected chi connectivity index (χ3v) is 6.72. The Balaban J connectivity index is 1.52. The van der Waals surface area contributed by atoms with Gasteiger partial charge in [-0.05, 0) is 86.9 Å². The molecule has 0 bridgehead atoms. The predicted octanol–water partition coefficient (Wildman–Crippen LogP) is 7.07. The second-order valence-electron chi connectivity index (χ2n) is 7.34. The van der Waals surface area contributed by atoms with E-state index >= 15 is 0 Å². The minimum Gasteiger partial charge on any atom is -0.493 e. The average molecular weight is 563 g/mol. The third kappa shape index (κ3) is 5.63. The Morgan fingerprint density at radius 1 is 1.06 bits per heavy atom. The van der Waals surface area contributed by atoms with Crippen molar-refractivity contribution in [1.29, 1.82) is 0 Å². The Morgan fingerprint density at radius 2 is 1.74 bits per heavy atom. The van der Waals surface area contributed by atoms with Gasteiger partial charge in [0.05, 0.1) is 23.0 Å². The molecule has 174 valence electrons. The number of methoxy groups -OCH3 is 1. The molecule has 4 rings (SSSR count). The maximum absolute atomic E-state index is 13.1. The summed E-state index contributed by atoms with van der Waals surface area (Å²) in [6, 6.07) is 16.5. The van der Waals surface area contributed by atoms with Crippen LogP contribution in [0.5, 0.6) is 11.5 Å². The van der Waals surface area contributed by atoms with E-state index in [9.17, 15) is 14.0 Å². The molecule has 1 saturated heterocycles. The minimum absolute atomic E-state index is 0.169. The average Bonchev–Trinajstić information content (AvgIpc) is 3.07. The van der Waals surface area contributed by atoms with Crippen molar-refractivity contribution in [2.24, 2.45) is 0 Å². The summed E-state index contributed by atoms with van der Waals surface area (Å²) in [5.74, 6) is 0.240. The van der Waals surface area contributed by atoms with Gasteiger partial charge < -0.3 is 9.47 Å². The van der Waals surface area contributed by atoms with E-state index in [1.165, 1.54) is 24.1 Å². The summed E-state index contributed by atoms with van der Waals surface area (Å²) in [7, 11) is 1.51. The van der Waals surface area contributed by atoms with Gasteiger partial charge in [0.1, 0.15) is 12.4 Å². The molecule has 1 aliphatic rings. The normalized spacial score (nSPS) is 14.7. The number of rotatable bonds is 7. The van der Waals surface area contributed by atoms with Crippen LogP contribution in [0.3, 0.4) is 0 Å². The summed E-state index contributed by atoms with van der Waals surface area (Å²) in [6.07, 6.45) is 1.64. The number of hydrogen-bond donors (Lipinski definition) is 0. The van der Waals surface area contributed by atoms with Crippen molar-refractivity contribution >= 4 is 56.5 Å². The molecule has 1 heterocycles. The van der Waals surface area contributed by atoms with Gasteiger partial charge in [-0.15, -0.1) is 0 Å². The molecule has 1 fully saturated rings. The number of benzene rings is 3. The Morgan fingerprint density at radius 3 is 2.41 bits per heavy atom. The molecule has 0 spiro atoms. The lowest BCUT2D eigenvalue weighted by Gasteiger charge is -2.14. The number of carbonyl (C=O) groups excluding carboxylic acids is 2. The molecule has 0 atom stereocenters. The highest BCUT2D eigenvalue weighted by molar-refractivity contribution is 9.10. The molecular formula is C25H18BrClFNO4S. The highest BCUT2D eigenvalue weighted by Gasteiger charge is 2.35. The zero-order chi connectivity index (χ0) is 24.2. The topological polar surface area (TPSA) is 55.8 Å². The van der Waals surface area contributed by atoms with Crippen molar-refractivity contribution in [3.8, 4) is 11.5 Å². The van der Waals surface area contributed by atoms with E-state index in [4.69, 9.17) is 21.1 Å². The molecule has 1 aliphatic heterocycles. The summed E-state index contributed by atoms with van der Waals surface area (Å²) in [5, 5.41) is 0.249. The van der Waals surface area contributed by atoms with Crippen LogP contribution in [0.1, 0.15) is 16.7 Å². The van der Waals surface area contributed by atoms with E-state index < -0.39 is 0 Å². The summed E-state index contributed by atoms with van der Waals surface area (Å²) < 4.78 is 25.1. The Labute approximate surface area is 213 Å². The highest BCUT2D eigenvalue weighted by Crippen LogP contribution is 2.39. The lowest BCUT2D eigenvalue weighted by molar-refractivity contribution is -0.123. The van der Waals surface area contributed by atoms with Crippen molar-refractivity contribution in [3.63, 3.8) is 0 Å². The fraction of sp³-hybridized carbons (Fsp3) is 0.120. The van der Waals surface area contributed by atoms with Gasteiger partial charge in [0.25, 0.3) is 11.1 Å². The maximum atomic E-state index is 13.1. The lowest BCUT2D eigenvalue weighted by atomic mass is 10.1. The van der Waals surface area contributed by atoms with Crippen LogP contribution in [-0.4, -0.2) is 23.2 Å². The number of halogens is 3. The quantitative estimate of drug-likeness (QED) is 0.288. The molecule has 0 unspecified atom stereocenters. The first kappa shape index (κ1) is 24.3. The van der Waals surface area contributed by atoms with Gasteiger partial charge in [-0.25, -0.2) is 4.39 Å². The monoisotopic (exact) mass is 561 g/mol. The molecular weight excluding hydrogens is 545 g/mol. The fourth-order valence-corrected chi connectivity index (χ4v) is 4.80. The molecule has 3 aromatic carbocycles. The molecule has 0 aromatic heterocycles. The van der Waals surface area contributed by atoms with E-state index in [1.54, 1.807) is 54.6 Å². The van der Waals surface area contributed by atoms with Crippen molar-refractivity contribution in [1.82, 2.24) is 4.90 Å². The largest absolute Gasteiger partial charge is 0.493 e. The summed E-state index contributed by atoms with van der Waals surface area (Å²) in [5.41, 5.74) is 2.27. The number of nitrogens with zero attached hydrogens (tertiary/aromatic N) is 1. The van der Waals surface area contributed by atoms with Gasteiger partial charge in [0, 0.05) is 5.02 Å². The van der Waals surface area contributed by atoms with Gasteiger partial charge in [0.15, 0.2) is 11.5 Å². The summed E-state index contributed by atoms with van der Waals surface area (Å²) in [6.45, 7) is 0.389. The van der Waals surface area contributed by atoms with Crippen molar-refractivity contribution < 1.29 is 23.5 Å². The first-order valence-electron chi connectivity index (χ1n) is 10.1. The standard InChI is InChI=1S/C25H18BrClFNO4S/c1-32-21-11-17(10-20(26)23(21)33-14-16-4-8-19(28)9-5-16)12-22-24(30)29(25(31)34-22)13-15-2-6-18(27)7-3-15/h2-12H,13-14H2,1H3/b22-12-. The number of amides is 2. The second-order valence-corrected chi connectivity index (χ2v) is 9.63. The molecule has 0 radical (unpaired) electrons. The molecule has 2 amide bonds. The Hall–Kier alpha value is -2.81. The number of carbonyl (C=O) groups is 2. The minimum atomic E-state index is -0.364. The highest BCUT2D eigenvalue weighted by atomic mass is 79.9. The van der Waals surface area contributed by atoms with E-state index in [0.29, 0.717) is 31.5 Å². The van der Waals surface area contributed by atoms with Crippen molar-refractivity contribution in [3.05, 3.63) is 97.6 Å².